The molecule has 0 radical (unpaired) electrons. The van der Waals surface area contributed by atoms with E-state index in [0.29, 0.717) is 3.92 Å². The smallest absolute Gasteiger partial charge is 0.0770 e. The van der Waals surface area contributed by atoms with Crippen LogP contribution in [0.4, 0.5) is 0 Å². The zero-order valence-corrected chi connectivity index (χ0v) is 7.47. The summed E-state index contributed by atoms with van der Waals surface area (Å²) in [5, 5.41) is 9.70. The Kier molecular flexibility index (Phi) is 1.31. The van der Waals surface area contributed by atoms with Crippen LogP contribution in [0.25, 0.3) is 0 Å². The molecule has 0 spiro atoms. The molecule has 3 aliphatic carbocycles. The van der Waals surface area contributed by atoms with Gasteiger partial charge in [-0.1, -0.05) is 22.6 Å². The summed E-state index contributed by atoms with van der Waals surface area (Å²) >= 11 is 2.39. The minimum absolute atomic E-state index is 0.233. The van der Waals surface area contributed by atoms with Gasteiger partial charge in [-0.05, 0) is 31.6 Å². The highest BCUT2D eigenvalue weighted by molar-refractivity contribution is 14.1. The number of hydrogen-bond acceptors (Lipinski definition) is 1. The van der Waals surface area contributed by atoms with Crippen molar-refractivity contribution in [2.24, 2.45) is 5.92 Å². The highest BCUT2D eigenvalue weighted by Crippen LogP contribution is 2.51. The van der Waals surface area contributed by atoms with Gasteiger partial charge in [0.25, 0.3) is 0 Å². The normalized spacial score (nSPS) is 56.7. The first-order valence-corrected chi connectivity index (χ1v) is 4.82. The van der Waals surface area contributed by atoms with Crippen LogP contribution in [0, 0.1) is 5.92 Å². The van der Waals surface area contributed by atoms with Crippen LogP contribution in [-0.2, 0) is 0 Å². The van der Waals surface area contributed by atoms with E-state index >= 15 is 0 Å². The van der Waals surface area contributed by atoms with Crippen LogP contribution in [0.3, 0.4) is 0 Å². The van der Waals surface area contributed by atoms with Gasteiger partial charge in [-0.3, -0.25) is 0 Å². The molecule has 9 heavy (non-hydrogen) atoms. The molecule has 1 unspecified atom stereocenters. The Morgan fingerprint density at radius 1 is 1.33 bits per heavy atom. The summed E-state index contributed by atoms with van der Waals surface area (Å²) < 4.78 is 0.542. The topological polar surface area (TPSA) is 20.2 Å². The van der Waals surface area contributed by atoms with Gasteiger partial charge < -0.3 is 5.11 Å². The summed E-state index contributed by atoms with van der Waals surface area (Å²) in [5.41, 5.74) is -0.233. The lowest BCUT2D eigenvalue weighted by atomic mass is 9.62. The Bertz CT molecular complexity index is 129. The summed E-state index contributed by atoms with van der Waals surface area (Å²) in [4.78, 5) is 0. The van der Waals surface area contributed by atoms with E-state index in [2.05, 4.69) is 22.6 Å². The minimum atomic E-state index is -0.233. The molecule has 1 nitrogen and oxygen atoms in total. The number of aliphatic hydroxyl groups is 1. The highest BCUT2D eigenvalue weighted by atomic mass is 127. The van der Waals surface area contributed by atoms with Gasteiger partial charge in [0, 0.05) is 3.92 Å². The van der Waals surface area contributed by atoms with E-state index in [4.69, 9.17) is 0 Å². The molecule has 0 aromatic carbocycles. The lowest BCUT2D eigenvalue weighted by Crippen LogP contribution is -2.54. The second-order valence-corrected chi connectivity index (χ2v) is 4.93. The second-order valence-electron chi connectivity index (χ2n) is 3.42. The molecule has 0 saturated heterocycles. The number of hydrogen-bond donors (Lipinski definition) is 1. The molecule has 3 fully saturated rings. The van der Waals surface area contributed by atoms with Crippen LogP contribution < -0.4 is 0 Å². The monoisotopic (exact) mass is 238 g/mol. The number of fused-ring (bicyclic) bond motifs is 2. The maximum absolute atomic E-state index is 9.70. The van der Waals surface area contributed by atoms with Crippen LogP contribution in [0.1, 0.15) is 25.7 Å². The Morgan fingerprint density at radius 3 is 2.33 bits per heavy atom. The molecule has 0 amide bonds. The van der Waals surface area contributed by atoms with Crippen molar-refractivity contribution < 1.29 is 5.11 Å². The van der Waals surface area contributed by atoms with Crippen molar-refractivity contribution in [2.45, 2.75) is 35.2 Å². The zero-order valence-electron chi connectivity index (χ0n) is 5.31. The zero-order chi connectivity index (χ0) is 6.48. The third-order valence-electron chi connectivity index (χ3n) is 2.70. The Morgan fingerprint density at radius 2 is 2.00 bits per heavy atom. The lowest BCUT2D eigenvalue weighted by Gasteiger charge is -2.51. The summed E-state index contributed by atoms with van der Waals surface area (Å²) in [5.74, 6) is 0.876. The lowest BCUT2D eigenvalue weighted by molar-refractivity contribution is -0.0983. The van der Waals surface area contributed by atoms with Gasteiger partial charge in [0.05, 0.1) is 5.60 Å². The molecular weight excluding hydrogens is 227 g/mol. The summed E-state index contributed by atoms with van der Waals surface area (Å²) in [7, 11) is 0. The first kappa shape index (κ1) is 6.40. The van der Waals surface area contributed by atoms with Crippen LogP contribution in [-0.4, -0.2) is 14.6 Å². The molecule has 3 rings (SSSR count). The fourth-order valence-electron chi connectivity index (χ4n) is 2.05. The van der Waals surface area contributed by atoms with Gasteiger partial charge in [0.1, 0.15) is 0 Å². The molecule has 1 N–H and O–H groups in total. The van der Waals surface area contributed by atoms with Gasteiger partial charge in [0.15, 0.2) is 0 Å². The molecule has 52 valence electrons. The molecule has 3 aliphatic rings. The van der Waals surface area contributed by atoms with Crippen molar-refractivity contribution in [3.63, 3.8) is 0 Å². The van der Waals surface area contributed by atoms with Gasteiger partial charge in [-0.2, -0.15) is 0 Å². The van der Waals surface area contributed by atoms with Crippen LogP contribution >= 0.6 is 22.6 Å². The van der Waals surface area contributed by atoms with E-state index in [1.165, 1.54) is 12.8 Å². The third-order valence-corrected chi connectivity index (χ3v) is 4.48. The molecule has 1 atom stereocenters. The van der Waals surface area contributed by atoms with Crippen LogP contribution in [0.2, 0.25) is 0 Å². The van der Waals surface area contributed by atoms with Crippen molar-refractivity contribution in [3.8, 4) is 0 Å². The summed E-state index contributed by atoms with van der Waals surface area (Å²) in [6, 6.07) is 0. The van der Waals surface area contributed by atoms with E-state index in [-0.39, 0.29) is 5.60 Å². The van der Waals surface area contributed by atoms with E-state index in [1.807, 2.05) is 0 Å². The maximum atomic E-state index is 9.70. The van der Waals surface area contributed by atoms with Gasteiger partial charge >= 0.3 is 0 Å². The Hall–Kier alpha value is 0.690. The molecule has 3 saturated carbocycles. The van der Waals surface area contributed by atoms with Crippen molar-refractivity contribution >= 4 is 22.6 Å². The fraction of sp³-hybridized carbons (Fsp3) is 1.00. The molecular formula is C7H11IO. The van der Waals surface area contributed by atoms with E-state index in [0.717, 1.165) is 18.8 Å². The average molecular weight is 238 g/mol. The first-order chi connectivity index (χ1) is 4.21. The largest absolute Gasteiger partial charge is 0.389 e. The highest BCUT2D eigenvalue weighted by Gasteiger charge is 2.50. The second kappa shape index (κ2) is 1.84. The Balaban J connectivity index is 2.11. The van der Waals surface area contributed by atoms with E-state index in [9.17, 15) is 5.11 Å². The van der Waals surface area contributed by atoms with E-state index < -0.39 is 0 Å². The number of halogens is 1. The Labute approximate surface area is 69.0 Å². The molecule has 0 aliphatic heterocycles. The van der Waals surface area contributed by atoms with Crippen molar-refractivity contribution in [2.75, 3.05) is 0 Å². The fourth-order valence-corrected chi connectivity index (χ4v) is 2.92. The van der Waals surface area contributed by atoms with Gasteiger partial charge in [-0.25, -0.2) is 0 Å². The quantitative estimate of drug-likeness (QED) is 0.503. The predicted octanol–water partition coefficient (Wildman–Crippen LogP) is 1.72. The minimum Gasteiger partial charge on any atom is -0.389 e. The number of rotatable bonds is 0. The standard InChI is InChI=1S/C7H11IO/c8-6-2-1-5-3-7(6,9)4-5/h5-6,9H,1-4H2. The molecule has 2 bridgehead atoms. The van der Waals surface area contributed by atoms with Crippen LogP contribution in [0.5, 0.6) is 0 Å². The molecule has 0 heterocycles. The van der Waals surface area contributed by atoms with Crippen molar-refractivity contribution in [1.82, 2.24) is 0 Å². The van der Waals surface area contributed by atoms with E-state index in [1.54, 1.807) is 0 Å². The SMILES string of the molecule is OC12CC(CCC1I)C2. The average Bonchev–Trinajstić information content (AvgIpc) is 1.73. The third kappa shape index (κ3) is 0.827. The molecule has 0 aromatic heterocycles. The number of alkyl halides is 1. The molecule has 0 aromatic rings. The van der Waals surface area contributed by atoms with Crippen molar-refractivity contribution in [3.05, 3.63) is 0 Å². The van der Waals surface area contributed by atoms with Crippen LogP contribution in [0.15, 0.2) is 0 Å². The van der Waals surface area contributed by atoms with Crippen molar-refractivity contribution in [1.29, 1.82) is 0 Å². The first-order valence-electron chi connectivity index (χ1n) is 3.57. The van der Waals surface area contributed by atoms with Gasteiger partial charge in [-0.15, -0.1) is 0 Å². The summed E-state index contributed by atoms with van der Waals surface area (Å²) in [6.07, 6.45) is 4.76. The maximum Gasteiger partial charge on any atom is 0.0770 e. The molecule has 2 heteroatoms. The summed E-state index contributed by atoms with van der Waals surface area (Å²) in [6.45, 7) is 0. The van der Waals surface area contributed by atoms with Gasteiger partial charge in [0.2, 0.25) is 0 Å². The predicted molar refractivity (Wildman–Crippen MR) is 44.7 cm³/mol.